The molecule has 0 unspecified atom stereocenters. The van der Waals surface area contributed by atoms with Gasteiger partial charge in [0, 0.05) is 0 Å². The molecular formula is C12H13F3N4. The Bertz CT molecular complexity index is 584. The summed E-state index contributed by atoms with van der Waals surface area (Å²) in [4.78, 5) is 2.21. The van der Waals surface area contributed by atoms with Gasteiger partial charge in [0.15, 0.2) is 0 Å². The quantitative estimate of drug-likeness (QED) is 0.840. The van der Waals surface area contributed by atoms with E-state index in [1.54, 1.807) is 4.68 Å². The fourth-order valence-corrected chi connectivity index (χ4v) is 2.37. The van der Waals surface area contributed by atoms with Crippen LogP contribution in [0.5, 0.6) is 0 Å². The molecule has 0 amide bonds. The van der Waals surface area contributed by atoms with Gasteiger partial charge in [-0.05, 0) is 44.1 Å². The van der Waals surface area contributed by atoms with Crippen LogP contribution in [0.25, 0.3) is 11.0 Å². The second-order valence-corrected chi connectivity index (χ2v) is 4.76. The number of likely N-dealkylation sites (tertiary alicyclic amines) is 1. The highest BCUT2D eigenvalue weighted by molar-refractivity contribution is 5.75. The van der Waals surface area contributed by atoms with Crippen LogP contribution < -0.4 is 0 Å². The lowest BCUT2D eigenvalue weighted by Gasteiger charge is -2.14. The van der Waals surface area contributed by atoms with Crippen molar-refractivity contribution >= 4 is 11.0 Å². The molecule has 1 aliphatic heterocycles. The van der Waals surface area contributed by atoms with Crippen molar-refractivity contribution in [2.75, 3.05) is 13.1 Å². The largest absolute Gasteiger partial charge is 0.416 e. The van der Waals surface area contributed by atoms with Gasteiger partial charge in [0.05, 0.1) is 17.7 Å². The minimum atomic E-state index is -4.34. The van der Waals surface area contributed by atoms with Crippen molar-refractivity contribution in [2.24, 2.45) is 0 Å². The van der Waals surface area contributed by atoms with Gasteiger partial charge in [-0.1, -0.05) is 5.21 Å². The molecule has 1 saturated heterocycles. The first-order chi connectivity index (χ1) is 9.04. The number of fused-ring (bicyclic) bond motifs is 1. The molecule has 1 aliphatic rings. The molecule has 102 valence electrons. The van der Waals surface area contributed by atoms with E-state index < -0.39 is 11.7 Å². The SMILES string of the molecule is FC(F)(F)c1ccc2c(c1)nnn2CN1CCCC1. The average Bonchev–Trinajstić information content (AvgIpc) is 2.98. The monoisotopic (exact) mass is 270 g/mol. The van der Waals surface area contributed by atoms with Crippen LogP contribution in [-0.4, -0.2) is 33.0 Å². The molecule has 0 spiro atoms. The normalized spacial score (nSPS) is 17.4. The number of halogens is 3. The summed E-state index contributed by atoms with van der Waals surface area (Å²) in [6.45, 7) is 2.59. The molecule has 19 heavy (non-hydrogen) atoms. The number of benzene rings is 1. The molecule has 1 aromatic heterocycles. The van der Waals surface area contributed by atoms with E-state index in [1.165, 1.54) is 6.07 Å². The predicted octanol–water partition coefficient (Wildman–Crippen LogP) is 2.50. The van der Waals surface area contributed by atoms with Crippen molar-refractivity contribution in [3.05, 3.63) is 23.8 Å². The second kappa shape index (κ2) is 4.48. The highest BCUT2D eigenvalue weighted by Gasteiger charge is 2.31. The minimum Gasteiger partial charge on any atom is -0.284 e. The Kier molecular flexibility index (Phi) is 2.93. The molecule has 2 aromatic rings. The van der Waals surface area contributed by atoms with Crippen molar-refractivity contribution in [1.29, 1.82) is 0 Å². The van der Waals surface area contributed by atoms with E-state index in [0.717, 1.165) is 38.1 Å². The van der Waals surface area contributed by atoms with Crippen LogP contribution in [0.1, 0.15) is 18.4 Å². The summed E-state index contributed by atoms with van der Waals surface area (Å²) in [6, 6.07) is 3.56. The Labute approximate surface area is 107 Å². The van der Waals surface area contributed by atoms with Crippen LogP contribution in [0.4, 0.5) is 13.2 Å². The molecule has 3 rings (SSSR count). The fraction of sp³-hybridized carbons (Fsp3) is 0.500. The van der Waals surface area contributed by atoms with Gasteiger partial charge < -0.3 is 0 Å². The third-order valence-corrected chi connectivity index (χ3v) is 3.37. The molecule has 0 aliphatic carbocycles. The molecule has 0 radical (unpaired) electrons. The van der Waals surface area contributed by atoms with Crippen molar-refractivity contribution in [2.45, 2.75) is 25.7 Å². The summed E-state index contributed by atoms with van der Waals surface area (Å²) in [5.74, 6) is 0. The first kappa shape index (κ1) is 12.4. The van der Waals surface area contributed by atoms with Crippen molar-refractivity contribution in [3.8, 4) is 0 Å². The first-order valence-corrected chi connectivity index (χ1v) is 6.17. The maximum Gasteiger partial charge on any atom is 0.416 e. The van der Waals surface area contributed by atoms with Crippen molar-refractivity contribution < 1.29 is 13.2 Å². The van der Waals surface area contributed by atoms with E-state index >= 15 is 0 Å². The second-order valence-electron chi connectivity index (χ2n) is 4.76. The number of alkyl halides is 3. The molecule has 0 saturated carbocycles. The number of hydrogen-bond donors (Lipinski definition) is 0. The topological polar surface area (TPSA) is 34.0 Å². The zero-order chi connectivity index (χ0) is 13.5. The number of hydrogen-bond acceptors (Lipinski definition) is 3. The summed E-state index contributed by atoms with van der Waals surface area (Å²) in [5.41, 5.74) is 0.238. The highest BCUT2D eigenvalue weighted by atomic mass is 19.4. The van der Waals surface area contributed by atoms with Gasteiger partial charge in [0.1, 0.15) is 5.52 Å². The van der Waals surface area contributed by atoms with Gasteiger partial charge in [0.2, 0.25) is 0 Å². The lowest BCUT2D eigenvalue weighted by molar-refractivity contribution is -0.137. The van der Waals surface area contributed by atoms with Gasteiger partial charge in [-0.2, -0.15) is 13.2 Å². The number of rotatable bonds is 2. The zero-order valence-corrected chi connectivity index (χ0v) is 10.2. The Morgan fingerprint density at radius 2 is 1.89 bits per heavy atom. The third kappa shape index (κ3) is 2.42. The molecule has 7 heteroatoms. The molecule has 0 N–H and O–H groups in total. The summed E-state index contributed by atoms with van der Waals surface area (Å²) in [5, 5.41) is 7.76. The van der Waals surface area contributed by atoms with E-state index in [2.05, 4.69) is 15.2 Å². The number of nitrogens with zero attached hydrogens (tertiary/aromatic N) is 4. The molecule has 2 heterocycles. The van der Waals surface area contributed by atoms with Crippen molar-refractivity contribution in [1.82, 2.24) is 19.9 Å². The first-order valence-electron chi connectivity index (χ1n) is 6.17. The third-order valence-electron chi connectivity index (χ3n) is 3.37. The molecule has 4 nitrogen and oxygen atoms in total. The van der Waals surface area contributed by atoms with Crippen LogP contribution in [-0.2, 0) is 12.8 Å². The Balaban J connectivity index is 1.91. The average molecular weight is 270 g/mol. The molecular weight excluding hydrogens is 257 g/mol. The van der Waals surface area contributed by atoms with Crippen LogP contribution in [0.2, 0.25) is 0 Å². The smallest absolute Gasteiger partial charge is 0.284 e. The van der Waals surface area contributed by atoms with E-state index in [9.17, 15) is 13.2 Å². The van der Waals surface area contributed by atoms with E-state index in [0.29, 0.717) is 12.2 Å². The van der Waals surface area contributed by atoms with Crippen LogP contribution in [0.15, 0.2) is 18.2 Å². The van der Waals surface area contributed by atoms with Gasteiger partial charge in [0.25, 0.3) is 0 Å². The van der Waals surface area contributed by atoms with Gasteiger partial charge >= 0.3 is 6.18 Å². The predicted molar refractivity (Wildman–Crippen MR) is 63.3 cm³/mol. The van der Waals surface area contributed by atoms with Crippen LogP contribution in [0.3, 0.4) is 0 Å². The Hall–Kier alpha value is -1.63. The zero-order valence-electron chi connectivity index (χ0n) is 10.2. The fourth-order valence-electron chi connectivity index (χ4n) is 2.37. The standard InChI is InChI=1S/C12H13F3N4/c13-12(14,15)9-3-4-11-10(7-9)16-17-19(11)8-18-5-1-2-6-18/h3-4,7H,1-2,5-6,8H2. The van der Waals surface area contributed by atoms with E-state index in [4.69, 9.17) is 0 Å². The van der Waals surface area contributed by atoms with Gasteiger partial charge in [-0.15, -0.1) is 5.10 Å². The summed E-state index contributed by atoms with van der Waals surface area (Å²) in [6.07, 6.45) is -2.03. The number of aromatic nitrogens is 3. The lowest BCUT2D eigenvalue weighted by Crippen LogP contribution is -2.23. The Morgan fingerprint density at radius 1 is 1.16 bits per heavy atom. The Morgan fingerprint density at radius 3 is 2.58 bits per heavy atom. The molecule has 0 atom stereocenters. The van der Waals surface area contributed by atoms with E-state index in [-0.39, 0.29) is 5.52 Å². The lowest BCUT2D eigenvalue weighted by atomic mass is 10.2. The summed E-state index contributed by atoms with van der Waals surface area (Å²) >= 11 is 0. The molecule has 1 aromatic carbocycles. The van der Waals surface area contributed by atoms with Crippen molar-refractivity contribution in [3.63, 3.8) is 0 Å². The van der Waals surface area contributed by atoms with E-state index in [1.807, 2.05) is 0 Å². The van der Waals surface area contributed by atoms with Gasteiger partial charge in [-0.25, -0.2) is 4.68 Å². The minimum absolute atomic E-state index is 0.286. The summed E-state index contributed by atoms with van der Waals surface area (Å²) in [7, 11) is 0. The van der Waals surface area contributed by atoms with Gasteiger partial charge in [-0.3, -0.25) is 4.90 Å². The highest BCUT2D eigenvalue weighted by Crippen LogP contribution is 2.30. The maximum absolute atomic E-state index is 12.6. The van der Waals surface area contributed by atoms with Crippen LogP contribution in [0, 0.1) is 0 Å². The summed E-state index contributed by atoms with van der Waals surface area (Å²) < 4.78 is 39.4. The molecule has 1 fully saturated rings. The van der Waals surface area contributed by atoms with Crippen LogP contribution >= 0.6 is 0 Å². The maximum atomic E-state index is 12.6. The molecule has 0 bridgehead atoms.